The van der Waals surface area contributed by atoms with E-state index in [9.17, 15) is 9.18 Å². The number of hydrogen-bond donors (Lipinski definition) is 2. The molecule has 0 bridgehead atoms. The standard InChI is InChI=1S/C20H22ClFN2O/c1-12-10-13(7-9-18(12)22)19(16-4-2-3-5-17(16)21)24-20(25)14-6-8-15(23)11-14/h2-5,7,9-10,14-15,19H,6,8,11,23H2,1H3,(H,24,25). The van der Waals surface area contributed by atoms with Gasteiger partial charge in [0.25, 0.3) is 0 Å². The van der Waals surface area contributed by atoms with Gasteiger partial charge in [-0.25, -0.2) is 4.39 Å². The van der Waals surface area contributed by atoms with Gasteiger partial charge in [0.2, 0.25) is 5.91 Å². The van der Waals surface area contributed by atoms with E-state index in [1.54, 1.807) is 25.1 Å². The molecule has 25 heavy (non-hydrogen) atoms. The number of rotatable bonds is 4. The van der Waals surface area contributed by atoms with Gasteiger partial charge in [0.1, 0.15) is 5.82 Å². The molecule has 0 saturated heterocycles. The summed E-state index contributed by atoms with van der Waals surface area (Å²) in [4.78, 5) is 12.7. The molecule has 0 radical (unpaired) electrons. The van der Waals surface area contributed by atoms with Crippen molar-refractivity contribution in [3.8, 4) is 0 Å². The average Bonchev–Trinajstić information content (AvgIpc) is 3.02. The summed E-state index contributed by atoms with van der Waals surface area (Å²) in [6.45, 7) is 1.71. The van der Waals surface area contributed by atoms with E-state index in [1.807, 2.05) is 18.2 Å². The Labute approximate surface area is 152 Å². The van der Waals surface area contributed by atoms with Gasteiger partial charge >= 0.3 is 0 Å². The number of amides is 1. The summed E-state index contributed by atoms with van der Waals surface area (Å²) in [6, 6.07) is 11.9. The van der Waals surface area contributed by atoms with Crippen LogP contribution in [0.25, 0.3) is 0 Å². The smallest absolute Gasteiger partial charge is 0.223 e. The van der Waals surface area contributed by atoms with Crippen molar-refractivity contribution in [2.45, 2.75) is 38.3 Å². The van der Waals surface area contributed by atoms with Crippen molar-refractivity contribution in [1.29, 1.82) is 0 Å². The second-order valence-electron chi connectivity index (χ2n) is 6.74. The van der Waals surface area contributed by atoms with Crippen molar-refractivity contribution < 1.29 is 9.18 Å². The number of benzene rings is 2. The molecule has 1 saturated carbocycles. The zero-order valence-corrected chi connectivity index (χ0v) is 14.9. The number of carbonyl (C=O) groups is 1. The quantitative estimate of drug-likeness (QED) is 0.861. The highest BCUT2D eigenvalue weighted by Gasteiger charge is 2.30. The molecule has 3 unspecified atom stereocenters. The lowest BCUT2D eigenvalue weighted by atomic mass is 9.95. The fourth-order valence-corrected chi connectivity index (χ4v) is 3.66. The molecule has 132 valence electrons. The van der Waals surface area contributed by atoms with E-state index in [2.05, 4.69) is 5.32 Å². The molecule has 3 nitrogen and oxygen atoms in total. The fraction of sp³-hybridized carbons (Fsp3) is 0.350. The molecular weight excluding hydrogens is 339 g/mol. The first-order valence-electron chi connectivity index (χ1n) is 8.52. The summed E-state index contributed by atoms with van der Waals surface area (Å²) in [6.07, 6.45) is 2.36. The van der Waals surface area contributed by atoms with E-state index >= 15 is 0 Å². The van der Waals surface area contributed by atoms with Crippen LogP contribution in [0, 0.1) is 18.7 Å². The minimum atomic E-state index is -0.419. The van der Waals surface area contributed by atoms with Crippen molar-refractivity contribution in [2.75, 3.05) is 0 Å². The average molecular weight is 361 g/mol. The Balaban J connectivity index is 1.93. The Morgan fingerprint density at radius 3 is 2.68 bits per heavy atom. The summed E-state index contributed by atoms with van der Waals surface area (Å²) >= 11 is 6.36. The molecule has 2 aromatic carbocycles. The first-order valence-corrected chi connectivity index (χ1v) is 8.90. The van der Waals surface area contributed by atoms with E-state index in [-0.39, 0.29) is 23.7 Å². The Kier molecular flexibility index (Phi) is 5.40. The number of halogens is 2. The summed E-state index contributed by atoms with van der Waals surface area (Å²) in [5, 5.41) is 3.67. The second kappa shape index (κ2) is 7.54. The van der Waals surface area contributed by atoms with E-state index in [0.717, 1.165) is 24.0 Å². The first kappa shape index (κ1) is 17.9. The lowest BCUT2D eigenvalue weighted by molar-refractivity contribution is -0.125. The van der Waals surface area contributed by atoms with Gasteiger partial charge in [0.05, 0.1) is 6.04 Å². The minimum absolute atomic E-state index is 0.0279. The number of hydrogen-bond acceptors (Lipinski definition) is 2. The Hall–Kier alpha value is -1.91. The van der Waals surface area contributed by atoms with E-state index < -0.39 is 6.04 Å². The third-order valence-electron chi connectivity index (χ3n) is 4.86. The van der Waals surface area contributed by atoms with Gasteiger partial charge in [-0.2, -0.15) is 0 Å². The van der Waals surface area contributed by atoms with Crippen LogP contribution in [0.3, 0.4) is 0 Å². The van der Waals surface area contributed by atoms with Crippen LogP contribution in [0.2, 0.25) is 5.02 Å². The number of carbonyl (C=O) groups excluding carboxylic acids is 1. The normalized spacial score (nSPS) is 21.1. The monoisotopic (exact) mass is 360 g/mol. The zero-order valence-electron chi connectivity index (χ0n) is 14.1. The molecule has 5 heteroatoms. The van der Waals surface area contributed by atoms with Crippen LogP contribution in [0.15, 0.2) is 42.5 Å². The van der Waals surface area contributed by atoms with Crippen LogP contribution in [0.1, 0.15) is 42.0 Å². The SMILES string of the molecule is Cc1cc(C(NC(=O)C2CCC(N)C2)c2ccccc2Cl)ccc1F. The van der Waals surface area contributed by atoms with Gasteiger partial charge in [-0.05, 0) is 55.0 Å². The lowest BCUT2D eigenvalue weighted by Crippen LogP contribution is -2.34. The van der Waals surface area contributed by atoms with E-state index in [4.69, 9.17) is 17.3 Å². The maximum Gasteiger partial charge on any atom is 0.223 e. The Bertz CT molecular complexity index is 780. The molecule has 3 rings (SSSR count). The van der Waals surface area contributed by atoms with Gasteiger partial charge in [-0.3, -0.25) is 4.79 Å². The molecule has 0 spiro atoms. The van der Waals surface area contributed by atoms with Crippen molar-refractivity contribution >= 4 is 17.5 Å². The highest BCUT2D eigenvalue weighted by Crippen LogP contribution is 2.31. The highest BCUT2D eigenvalue weighted by atomic mass is 35.5. The van der Waals surface area contributed by atoms with Crippen LogP contribution in [0.4, 0.5) is 4.39 Å². The number of aryl methyl sites for hydroxylation is 1. The van der Waals surface area contributed by atoms with Crippen LogP contribution >= 0.6 is 11.6 Å². The fourth-order valence-electron chi connectivity index (χ4n) is 3.41. The molecule has 0 heterocycles. The molecule has 0 aliphatic heterocycles. The third kappa shape index (κ3) is 4.02. The Morgan fingerprint density at radius 2 is 2.04 bits per heavy atom. The molecular formula is C20H22ClFN2O. The number of nitrogens with two attached hydrogens (primary N) is 1. The molecule has 0 aromatic heterocycles. The van der Waals surface area contributed by atoms with Gasteiger partial charge in [-0.1, -0.05) is 41.9 Å². The molecule has 1 aliphatic rings. The zero-order chi connectivity index (χ0) is 18.0. The summed E-state index contributed by atoms with van der Waals surface area (Å²) in [7, 11) is 0. The van der Waals surface area contributed by atoms with Crippen molar-refractivity contribution in [3.05, 3.63) is 70.0 Å². The molecule has 1 amide bonds. The largest absolute Gasteiger partial charge is 0.345 e. The lowest BCUT2D eigenvalue weighted by Gasteiger charge is -2.23. The summed E-state index contributed by atoms with van der Waals surface area (Å²) < 4.78 is 13.7. The third-order valence-corrected chi connectivity index (χ3v) is 5.21. The molecule has 3 atom stereocenters. The van der Waals surface area contributed by atoms with Crippen LogP contribution < -0.4 is 11.1 Å². The molecule has 3 N–H and O–H groups in total. The predicted octanol–water partition coefficient (Wildman–Crippen LogP) is 4.12. The van der Waals surface area contributed by atoms with Gasteiger partial charge in [-0.15, -0.1) is 0 Å². The first-order chi connectivity index (χ1) is 12.0. The molecule has 2 aromatic rings. The maximum absolute atomic E-state index is 13.7. The summed E-state index contributed by atoms with van der Waals surface area (Å²) in [5.41, 5.74) is 8.07. The maximum atomic E-state index is 13.7. The van der Waals surface area contributed by atoms with Crippen LogP contribution in [-0.2, 0) is 4.79 Å². The van der Waals surface area contributed by atoms with Gasteiger partial charge in [0, 0.05) is 17.0 Å². The van der Waals surface area contributed by atoms with Crippen LogP contribution in [-0.4, -0.2) is 11.9 Å². The van der Waals surface area contributed by atoms with Gasteiger partial charge < -0.3 is 11.1 Å². The topological polar surface area (TPSA) is 55.1 Å². The second-order valence-corrected chi connectivity index (χ2v) is 7.15. The Morgan fingerprint density at radius 1 is 1.28 bits per heavy atom. The highest BCUT2D eigenvalue weighted by molar-refractivity contribution is 6.31. The predicted molar refractivity (Wildman–Crippen MR) is 97.9 cm³/mol. The van der Waals surface area contributed by atoms with Gasteiger partial charge in [0.15, 0.2) is 0 Å². The van der Waals surface area contributed by atoms with Crippen molar-refractivity contribution in [1.82, 2.24) is 5.32 Å². The molecule has 1 aliphatic carbocycles. The minimum Gasteiger partial charge on any atom is -0.345 e. The summed E-state index contributed by atoms with van der Waals surface area (Å²) in [5.74, 6) is -0.379. The number of nitrogens with one attached hydrogen (secondary N) is 1. The van der Waals surface area contributed by atoms with Crippen molar-refractivity contribution in [2.24, 2.45) is 11.7 Å². The van der Waals surface area contributed by atoms with Crippen molar-refractivity contribution in [3.63, 3.8) is 0 Å². The van der Waals surface area contributed by atoms with Crippen LogP contribution in [0.5, 0.6) is 0 Å². The molecule has 1 fully saturated rings. The van der Waals surface area contributed by atoms with E-state index in [1.165, 1.54) is 6.07 Å². The van der Waals surface area contributed by atoms with E-state index in [0.29, 0.717) is 17.0 Å².